The van der Waals surface area contributed by atoms with Crippen LogP contribution in [0.4, 0.5) is 15.8 Å². The summed E-state index contributed by atoms with van der Waals surface area (Å²) < 4.78 is 13.3. The van der Waals surface area contributed by atoms with Crippen molar-refractivity contribution in [2.24, 2.45) is 5.10 Å². The summed E-state index contributed by atoms with van der Waals surface area (Å²) in [5.41, 5.74) is 9.19. The Hall–Kier alpha value is -2.89. The molecule has 132 valence electrons. The lowest BCUT2D eigenvalue weighted by molar-refractivity contribution is -0.126. The van der Waals surface area contributed by atoms with Crippen molar-refractivity contribution >= 4 is 23.0 Å². The van der Waals surface area contributed by atoms with Crippen LogP contribution >= 0.6 is 0 Å². The quantitative estimate of drug-likeness (QED) is 0.488. The zero-order valence-electron chi connectivity index (χ0n) is 14.6. The summed E-state index contributed by atoms with van der Waals surface area (Å²) >= 11 is 0. The highest BCUT2D eigenvalue weighted by atomic mass is 19.1. The van der Waals surface area contributed by atoms with Gasteiger partial charge in [0.15, 0.2) is 0 Å². The highest BCUT2D eigenvalue weighted by Gasteiger charge is 2.23. The second-order valence-corrected chi connectivity index (χ2v) is 5.76. The van der Waals surface area contributed by atoms with E-state index < -0.39 is 5.91 Å². The molecule has 0 radical (unpaired) electrons. The van der Waals surface area contributed by atoms with Crippen LogP contribution in [0.5, 0.6) is 0 Å². The lowest BCUT2D eigenvalue weighted by Crippen LogP contribution is -2.24. The Kier molecular flexibility index (Phi) is 5.75. The molecule has 5 nitrogen and oxygen atoms in total. The molecule has 1 heterocycles. The molecular weight excluding hydrogens is 319 g/mol. The highest BCUT2D eigenvalue weighted by molar-refractivity contribution is 6.05. The minimum absolute atomic E-state index is 0.0914. The third-order valence-electron chi connectivity index (χ3n) is 4.00. The second kappa shape index (κ2) is 7.79. The number of allylic oxidation sites excluding steroid dienone is 1. The molecular formula is C19H23FN4O. The number of hydrogen-bond acceptors (Lipinski definition) is 4. The molecule has 0 aromatic heterocycles. The standard InChI is InChI=1S/C19H23FN4O/c1-5-15(20)11-13(3)19(25)24-10-9-17(22-24)14-7-8-16(21)18(12-14)23(4)6-2/h6-8,11-12H,2-3,5,9-10,21H2,1,4H3/b15-11+. The van der Waals surface area contributed by atoms with Crippen LogP contribution in [-0.2, 0) is 4.79 Å². The minimum atomic E-state index is -0.391. The van der Waals surface area contributed by atoms with Crippen molar-refractivity contribution < 1.29 is 9.18 Å². The van der Waals surface area contributed by atoms with E-state index in [-0.39, 0.29) is 17.8 Å². The molecule has 2 rings (SSSR count). The van der Waals surface area contributed by atoms with Gasteiger partial charge in [0.2, 0.25) is 0 Å². The smallest absolute Gasteiger partial charge is 0.273 e. The molecule has 25 heavy (non-hydrogen) atoms. The Bertz CT molecular complexity index is 767. The SMILES string of the molecule is C=CN(C)c1cc(C2=NN(C(=O)C(=C)/C=C(/F)CC)CC2)ccc1N. The van der Waals surface area contributed by atoms with Gasteiger partial charge in [-0.3, -0.25) is 4.79 Å². The molecule has 1 aromatic carbocycles. The van der Waals surface area contributed by atoms with Gasteiger partial charge >= 0.3 is 0 Å². The first-order valence-electron chi connectivity index (χ1n) is 8.07. The van der Waals surface area contributed by atoms with Gasteiger partial charge in [0.25, 0.3) is 5.91 Å². The summed E-state index contributed by atoms with van der Waals surface area (Å²) in [4.78, 5) is 14.1. The van der Waals surface area contributed by atoms with Crippen LogP contribution in [0, 0.1) is 0 Å². The Morgan fingerprint density at radius 2 is 2.24 bits per heavy atom. The first-order chi connectivity index (χ1) is 11.9. The monoisotopic (exact) mass is 342 g/mol. The van der Waals surface area contributed by atoms with Gasteiger partial charge in [0.1, 0.15) is 5.83 Å². The van der Waals surface area contributed by atoms with Crippen molar-refractivity contribution in [1.29, 1.82) is 0 Å². The van der Waals surface area contributed by atoms with Gasteiger partial charge < -0.3 is 10.6 Å². The summed E-state index contributed by atoms with van der Waals surface area (Å²) in [7, 11) is 1.85. The van der Waals surface area contributed by atoms with Crippen molar-refractivity contribution in [3.63, 3.8) is 0 Å². The van der Waals surface area contributed by atoms with Crippen molar-refractivity contribution in [1.82, 2.24) is 5.01 Å². The van der Waals surface area contributed by atoms with Crippen LogP contribution in [0.2, 0.25) is 0 Å². The van der Waals surface area contributed by atoms with E-state index in [1.165, 1.54) is 5.01 Å². The zero-order chi connectivity index (χ0) is 18.6. The molecule has 0 fully saturated rings. The van der Waals surface area contributed by atoms with E-state index in [0.29, 0.717) is 18.7 Å². The highest BCUT2D eigenvalue weighted by Crippen LogP contribution is 2.26. The van der Waals surface area contributed by atoms with E-state index in [4.69, 9.17) is 5.73 Å². The lowest BCUT2D eigenvalue weighted by Gasteiger charge is -2.17. The number of nitrogen functional groups attached to an aromatic ring is 1. The molecule has 6 heteroatoms. The molecule has 1 aromatic rings. The van der Waals surface area contributed by atoms with Gasteiger partial charge in [-0.25, -0.2) is 9.40 Å². The van der Waals surface area contributed by atoms with Crippen LogP contribution in [0.3, 0.4) is 0 Å². The van der Waals surface area contributed by atoms with E-state index >= 15 is 0 Å². The number of benzene rings is 1. The number of amides is 1. The summed E-state index contributed by atoms with van der Waals surface area (Å²) in [5.74, 6) is -0.769. The Morgan fingerprint density at radius 1 is 1.52 bits per heavy atom. The van der Waals surface area contributed by atoms with Crippen molar-refractivity contribution in [3.8, 4) is 0 Å². The van der Waals surface area contributed by atoms with Crippen molar-refractivity contribution in [3.05, 3.63) is 60.6 Å². The Morgan fingerprint density at radius 3 is 2.88 bits per heavy atom. The Balaban J connectivity index is 2.23. The van der Waals surface area contributed by atoms with Gasteiger partial charge in [-0.1, -0.05) is 26.1 Å². The first-order valence-corrected chi connectivity index (χ1v) is 8.07. The fraction of sp³-hybridized carbons (Fsp3) is 0.263. The van der Waals surface area contributed by atoms with Crippen LogP contribution in [0.15, 0.2) is 60.1 Å². The average molecular weight is 342 g/mol. The number of nitrogens with zero attached hydrogens (tertiary/aromatic N) is 3. The van der Waals surface area contributed by atoms with Crippen molar-refractivity contribution in [2.45, 2.75) is 19.8 Å². The number of halogens is 1. The zero-order valence-corrected chi connectivity index (χ0v) is 14.6. The molecule has 0 saturated heterocycles. The van der Waals surface area contributed by atoms with E-state index in [1.54, 1.807) is 19.2 Å². The maximum Gasteiger partial charge on any atom is 0.273 e. The van der Waals surface area contributed by atoms with Gasteiger partial charge in [-0.15, -0.1) is 0 Å². The molecule has 0 aliphatic carbocycles. The maximum atomic E-state index is 13.3. The molecule has 2 N–H and O–H groups in total. The van der Waals surface area contributed by atoms with Gasteiger partial charge in [-0.05, 0) is 30.8 Å². The molecule has 1 aliphatic rings. The fourth-order valence-electron chi connectivity index (χ4n) is 2.45. The summed E-state index contributed by atoms with van der Waals surface area (Å²) in [6, 6.07) is 5.58. The normalized spacial score (nSPS) is 14.3. The molecule has 0 bridgehead atoms. The van der Waals surface area contributed by atoms with Crippen molar-refractivity contribution in [2.75, 3.05) is 24.2 Å². The molecule has 0 atom stereocenters. The molecule has 1 aliphatic heterocycles. The van der Waals surface area contributed by atoms with Gasteiger partial charge in [0, 0.05) is 24.6 Å². The number of rotatable bonds is 6. The van der Waals surface area contributed by atoms with E-state index in [9.17, 15) is 9.18 Å². The number of carbonyl (C=O) groups excluding carboxylic acids is 1. The fourth-order valence-corrected chi connectivity index (χ4v) is 2.45. The Labute approximate surface area is 147 Å². The van der Waals surface area contributed by atoms with Crippen LogP contribution < -0.4 is 10.6 Å². The third kappa shape index (κ3) is 4.15. The summed E-state index contributed by atoms with van der Waals surface area (Å²) in [6.07, 6.45) is 3.67. The predicted octanol–water partition coefficient (Wildman–Crippen LogP) is 3.60. The number of hydrazone groups is 1. The topological polar surface area (TPSA) is 61.9 Å². The van der Waals surface area contributed by atoms with E-state index in [0.717, 1.165) is 23.0 Å². The molecule has 1 amide bonds. The molecule has 0 unspecified atom stereocenters. The predicted molar refractivity (Wildman–Crippen MR) is 101 cm³/mol. The first kappa shape index (κ1) is 18.4. The van der Waals surface area contributed by atoms with Crippen LogP contribution in [0.25, 0.3) is 0 Å². The minimum Gasteiger partial charge on any atom is -0.397 e. The number of nitrogens with two attached hydrogens (primary N) is 1. The largest absolute Gasteiger partial charge is 0.397 e. The van der Waals surface area contributed by atoms with Crippen LogP contribution in [-0.4, -0.2) is 30.2 Å². The van der Waals surface area contributed by atoms with Crippen LogP contribution in [0.1, 0.15) is 25.3 Å². The summed E-state index contributed by atoms with van der Waals surface area (Å²) in [5, 5.41) is 5.69. The number of anilines is 2. The van der Waals surface area contributed by atoms with E-state index in [1.807, 2.05) is 24.1 Å². The lowest BCUT2D eigenvalue weighted by atomic mass is 10.1. The molecule has 0 saturated carbocycles. The van der Waals surface area contributed by atoms with Gasteiger partial charge in [0.05, 0.1) is 23.6 Å². The van der Waals surface area contributed by atoms with Gasteiger partial charge in [-0.2, -0.15) is 5.10 Å². The number of carbonyl (C=O) groups is 1. The second-order valence-electron chi connectivity index (χ2n) is 5.76. The maximum absolute atomic E-state index is 13.3. The summed E-state index contributed by atoms with van der Waals surface area (Å²) in [6.45, 7) is 9.48. The third-order valence-corrected chi connectivity index (χ3v) is 4.00. The van der Waals surface area contributed by atoms with E-state index in [2.05, 4.69) is 18.3 Å². The molecule has 0 spiro atoms. The number of hydrogen-bond donors (Lipinski definition) is 1. The average Bonchev–Trinajstić information content (AvgIpc) is 3.10.